The van der Waals surface area contributed by atoms with Crippen molar-refractivity contribution in [2.24, 2.45) is 0 Å². The van der Waals surface area contributed by atoms with Gasteiger partial charge in [-0.05, 0) is 24.6 Å². The molecule has 1 aromatic carbocycles. The first-order chi connectivity index (χ1) is 8.04. The Labute approximate surface area is 105 Å². The Bertz CT molecular complexity index is 420. The highest BCUT2D eigenvalue weighted by atomic mass is 35.5. The molecule has 0 unspecified atom stereocenters. The number of amides is 1. The Morgan fingerprint density at radius 1 is 1.41 bits per heavy atom. The summed E-state index contributed by atoms with van der Waals surface area (Å²) in [6, 6.07) is 6.61. The number of anilines is 1. The van der Waals surface area contributed by atoms with Gasteiger partial charge in [0, 0.05) is 17.1 Å². The molecule has 5 heteroatoms. The lowest BCUT2D eigenvalue weighted by atomic mass is 10.2. The molecule has 0 saturated carbocycles. The van der Waals surface area contributed by atoms with Crippen LogP contribution in [-0.4, -0.2) is 23.5 Å². The Morgan fingerprint density at radius 2 is 2.12 bits per heavy atom. The third-order valence-electron chi connectivity index (χ3n) is 2.18. The summed E-state index contributed by atoms with van der Waals surface area (Å²) in [5.74, 6) is -1.26. The van der Waals surface area contributed by atoms with Gasteiger partial charge in [0.25, 0.3) is 0 Å². The highest BCUT2D eigenvalue weighted by Gasteiger charge is 2.17. The average molecular weight is 256 g/mol. The van der Waals surface area contributed by atoms with Crippen molar-refractivity contribution in [1.29, 1.82) is 0 Å². The van der Waals surface area contributed by atoms with Crippen LogP contribution in [0.2, 0.25) is 5.02 Å². The van der Waals surface area contributed by atoms with E-state index in [-0.39, 0.29) is 12.5 Å². The van der Waals surface area contributed by atoms with E-state index in [4.69, 9.17) is 16.7 Å². The minimum Gasteiger partial charge on any atom is -0.480 e. The molecule has 1 aromatic rings. The highest BCUT2D eigenvalue weighted by molar-refractivity contribution is 6.30. The van der Waals surface area contributed by atoms with Crippen LogP contribution in [-0.2, 0) is 9.59 Å². The molecule has 4 nitrogen and oxygen atoms in total. The topological polar surface area (TPSA) is 57.6 Å². The predicted molar refractivity (Wildman–Crippen MR) is 66.3 cm³/mol. The molecule has 0 radical (unpaired) electrons. The van der Waals surface area contributed by atoms with Crippen molar-refractivity contribution in [2.75, 3.05) is 11.4 Å². The van der Waals surface area contributed by atoms with Gasteiger partial charge in [0.15, 0.2) is 0 Å². The molecule has 0 spiro atoms. The molecule has 0 atom stereocenters. The summed E-state index contributed by atoms with van der Waals surface area (Å²) in [4.78, 5) is 23.8. The fourth-order valence-electron chi connectivity index (χ4n) is 1.45. The smallest absolute Gasteiger partial charge is 0.323 e. The van der Waals surface area contributed by atoms with Gasteiger partial charge in [-0.25, -0.2) is 0 Å². The van der Waals surface area contributed by atoms with Crippen molar-refractivity contribution in [3.63, 3.8) is 0 Å². The maximum Gasteiger partial charge on any atom is 0.323 e. The van der Waals surface area contributed by atoms with Gasteiger partial charge < -0.3 is 10.0 Å². The summed E-state index contributed by atoms with van der Waals surface area (Å²) in [6.45, 7) is 1.52. The number of carboxylic acid groups (broad SMARTS) is 1. The van der Waals surface area contributed by atoms with E-state index in [1.54, 1.807) is 24.3 Å². The predicted octanol–water partition coefficient (Wildman–Crippen LogP) is 2.56. The highest BCUT2D eigenvalue weighted by Crippen LogP contribution is 2.20. The minimum absolute atomic E-state index is 0.211. The fraction of sp³-hybridized carbons (Fsp3) is 0.333. The third kappa shape index (κ3) is 4.07. The van der Waals surface area contributed by atoms with Crippen LogP contribution in [0.3, 0.4) is 0 Å². The molecule has 0 fully saturated rings. The van der Waals surface area contributed by atoms with Gasteiger partial charge in [0.05, 0.1) is 0 Å². The van der Waals surface area contributed by atoms with E-state index in [1.807, 2.05) is 6.92 Å². The van der Waals surface area contributed by atoms with Crippen LogP contribution in [0.4, 0.5) is 5.69 Å². The summed E-state index contributed by atoms with van der Waals surface area (Å²) in [6.07, 6.45) is 0.995. The number of aliphatic carboxylic acids is 1. The van der Waals surface area contributed by atoms with Gasteiger partial charge in [0.2, 0.25) is 5.91 Å². The van der Waals surface area contributed by atoms with Crippen LogP contribution in [0.25, 0.3) is 0 Å². The maximum absolute atomic E-state index is 11.8. The number of hydrogen-bond donors (Lipinski definition) is 1. The van der Waals surface area contributed by atoms with Crippen LogP contribution >= 0.6 is 11.6 Å². The number of carbonyl (C=O) groups excluding carboxylic acids is 1. The molecule has 1 rings (SSSR count). The zero-order chi connectivity index (χ0) is 12.8. The minimum atomic E-state index is -1.05. The molecule has 0 aliphatic heterocycles. The number of carbonyl (C=O) groups is 2. The second-order valence-electron chi connectivity index (χ2n) is 3.60. The van der Waals surface area contributed by atoms with Crippen molar-refractivity contribution in [2.45, 2.75) is 19.8 Å². The van der Waals surface area contributed by atoms with E-state index in [0.29, 0.717) is 23.6 Å². The van der Waals surface area contributed by atoms with Gasteiger partial charge in [-0.1, -0.05) is 24.6 Å². The molecule has 0 aliphatic rings. The molecular weight excluding hydrogens is 242 g/mol. The van der Waals surface area contributed by atoms with Gasteiger partial charge in [0.1, 0.15) is 6.54 Å². The Hall–Kier alpha value is -1.55. The van der Waals surface area contributed by atoms with Crippen LogP contribution in [0.5, 0.6) is 0 Å². The van der Waals surface area contributed by atoms with Gasteiger partial charge >= 0.3 is 5.97 Å². The average Bonchev–Trinajstić information content (AvgIpc) is 2.26. The summed E-state index contributed by atoms with van der Waals surface area (Å²) in [5, 5.41) is 9.28. The SMILES string of the molecule is CCCC(=O)N(CC(=O)O)c1cccc(Cl)c1. The third-order valence-corrected chi connectivity index (χ3v) is 2.41. The summed E-state index contributed by atoms with van der Waals surface area (Å²) in [7, 11) is 0. The monoisotopic (exact) mass is 255 g/mol. The lowest BCUT2D eigenvalue weighted by molar-refractivity contribution is -0.136. The van der Waals surface area contributed by atoms with Gasteiger partial charge in [-0.2, -0.15) is 0 Å². The molecule has 0 bridgehead atoms. The van der Waals surface area contributed by atoms with Crippen molar-refractivity contribution in [3.8, 4) is 0 Å². The quantitative estimate of drug-likeness (QED) is 0.880. The van der Waals surface area contributed by atoms with Crippen LogP contribution < -0.4 is 4.90 Å². The standard InChI is InChI=1S/C12H14ClNO3/c1-2-4-11(15)14(8-12(16)17)10-6-3-5-9(13)7-10/h3,5-7H,2,4,8H2,1H3,(H,16,17). The first-order valence-corrected chi connectivity index (χ1v) is 5.70. The van der Waals surface area contributed by atoms with E-state index >= 15 is 0 Å². The van der Waals surface area contributed by atoms with E-state index in [1.165, 1.54) is 4.90 Å². The molecule has 0 aliphatic carbocycles. The molecule has 1 N–H and O–H groups in total. The molecule has 0 aromatic heterocycles. The normalized spacial score (nSPS) is 10.0. The largest absolute Gasteiger partial charge is 0.480 e. The number of carboxylic acids is 1. The molecule has 0 saturated heterocycles. The lowest BCUT2D eigenvalue weighted by Crippen LogP contribution is -2.35. The number of hydrogen-bond acceptors (Lipinski definition) is 2. The summed E-state index contributed by atoms with van der Waals surface area (Å²) >= 11 is 5.82. The van der Waals surface area contributed by atoms with Crippen LogP contribution in [0.15, 0.2) is 24.3 Å². The summed E-state index contributed by atoms with van der Waals surface area (Å²) < 4.78 is 0. The van der Waals surface area contributed by atoms with E-state index in [2.05, 4.69) is 0 Å². The number of halogens is 1. The Morgan fingerprint density at radius 3 is 2.65 bits per heavy atom. The number of rotatable bonds is 5. The summed E-state index contributed by atoms with van der Waals surface area (Å²) in [5.41, 5.74) is 0.512. The number of nitrogens with zero attached hydrogens (tertiary/aromatic N) is 1. The first kappa shape index (κ1) is 13.5. The van der Waals surface area contributed by atoms with Crippen LogP contribution in [0.1, 0.15) is 19.8 Å². The Kier molecular flexibility index (Phi) is 4.97. The van der Waals surface area contributed by atoms with Crippen molar-refractivity contribution in [1.82, 2.24) is 0 Å². The van der Waals surface area contributed by atoms with E-state index in [9.17, 15) is 9.59 Å². The first-order valence-electron chi connectivity index (χ1n) is 5.32. The fourth-order valence-corrected chi connectivity index (χ4v) is 1.64. The van der Waals surface area contributed by atoms with E-state index < -0.39 is 5.97 Å². The van der Waals surface area contributed by atoms with Crippen LogP contribution in [0, 0.1) is 0 Å². The van der Waals surface area contributed by atoms with Gasteiger partial charge in [-0.15, -0.1) is 0 Å². The van der Waals surface area contributed by atoms with Crippen molar-refractivity contribution in [3.05, 3.63) is 29.3 Å². The van der Waals surface area contributed by atoms with Crippen molar-refractivity contribution >= 4 is 29.2 Å². The molecular formula is C12H14ClNO3. The molecule has 0 heterocycles. The number of benzene rings is 1. The second-order valence-corrected chi connectivity index (χ2v) is 4.04. The molecule has 17 heavy (non-hydrogen) atoms. The van der Waals surface area contributed by atoms with Crippen molar-refractivity contribution < 1.29 is 14.7 Å². The maximum atomic E-state index is 11.8. The zero-order valence-corrected chi connectivity index (χ0v) is 10.3. The second kappa shape index (κ2) is 6.25. The van der Waals surface area contributed by atoms with E-state index in [0.717, 1.165) is 0 Å². The van der Waals surface area contributed by atoms with Gasteiger partial charge in [-0.3, -0.25) is 9.59 Å². The zero-order valence-electron chi connectivity index (χ0n) is 9.52. The Balaban J connectivity index is 2.97. The molecule has 92 valence electrons. The lowest BCUT2D eigenvalue weighted by Gasteiger charge is -2.20. The molecule has 1 amide bonds.